The van der Waals surface area contributed by atoms with Crippen LogP contribution in [0.15, 0.2) is 42.9 Å². The molecule has 0 saturated heterocycles. The van der Waals surface area contributed by atoms with Crippen LogP contribution in [-0.4, -0.2) is 45.5 Å². The van der Waals surface area contributed by atoms with E-state index in [4.69, 9.17) is 15.2 Å². The van der Waals surface area contributed by atoms with Crippen LogP contribution < -0.4 is 20.5 Å². The molecule has 9 nitrogen and oxygen atoms in total. The molecule has 0 radical (unpaired) electrons. The molecule has 10 heteroatoms. The van der Waals surface area contributed by atoms with Crippen molar-refractivity contribution in [1.29, 1.82) is 0 Å². The standard InChI is InChI=1S/C21H22FN7O2/c1-30-14-8-16(20(22)18(9-14)31-2)26-19-5-4-15-21(28-19)27-17(11-24-15)13-10-25-29(12-13)7-3-6-23/h4-5,8-12H,3,6-7,23H2,1-2H3,(H,26,27,28). The molecule has 3 heterocycles. The molecule has 0 aliphatic rings. The summed E-state index contributed by atoms with van der Waals surface area (Å²) in [7, 11) is 2.89. The van der Waals surface area contributed by atoms with Gasteiger partial charge in [0.1, 0.15) is 17.1 Å². The number of aromatic nitrogens is 5. The van der Waals surface area contributed by atoms with Gasteiger partial charge < -0.3 is 20.5 Å². The highest BCUT2D eigenvalue weighted by atomic mass is 19.1. The Morgan fingerprint density at radius 3 is 2.77 bits per heavy atom. The van der Waals surface area contributed by atoms with Crippen LogP contribution in [0, 0.1) is 5.82 Å². The molecule has 0 saturated carbocycles. The van der Waals surface area contributed by atoms with E-state index in [0.29, 0.717) is 35.0 Å². The smallest absolute Gasteiger partial charge is 0.188 e. The van der Waals surface area contributed by atoms with E-state index < -0.39 is 5.82 Å². The molecule has 1 aromatic carbocycles. The summed E-state index contributed by atoms with van der Waals surface area (Å²) in [6.07, 6.45) is 6.14. The van der Waals surface area contributed by atoms with Crippen molar-refractivity contribution in [2.75, 3.05) is 26.1 Å². The number of rotatable bonds is 8. The number of benzene rings is 1. The maximum atomic E-state index is 14.6. The van der Waals surface area contributed by atoms with Gasteiger partial charge in [-0.2, -0.15) is 5.10 Å². The molecule has 3 aromatic heterocycles. The lowest BCUT2D eigenvalue weighted by molar-refractivity contribution is 0.375. The third kappa shape index (κ3) is 4.38. The number of nitrogens with one attached hydrogen (secondary N) is 1. The van der Waals surface area contributed by atoms with Gasteiger partial charge in [-0.1, -0.05) is 0 Å². The summed E-state index contributed by atoms with van der Waals surface area (Å²) in [5.41, 5.74) is 8.24. The highest BCUT2D eigenvalue weighted by Gasteiger charge is 2.14. The minimum atomic E-state index is -0.546. The molecule has 0 bridgehead atoms. The van der Waals surface area contributed by atoms with Gasteiger partial charge in [-0.05, 0) is 25.1 Å². The number of hydrogen-bond donors (Lipinski definition) is 2. The zero-order valence-electron chi connectivity index (χ0n) is 17.2. The molecule has 160 valence electrons. The number of pyridine rings is 1. The maximum Gasteiger partial charge on any atom is 0.188 e. The molecule has 0 fully saturated rings. The first-order chi connectivity index (χ1) is 15.1. The van der Waals surface area contributed by atoms with E-state index in [9.17, 15) is 4.39 Å². The van der Waals surface area contributed by atoms with Gasteiger partial charge in [0, 0.05) is 30.4 Å². The van der Waals surface area contributed by atoms with E-state index >= 15 is 0 Å². The Balaban J connectivity index is 1.64. The fourth-order valence-corrected chi connectivity index (χ4v) is 3.05. The van der Waals surface area contributed by atoms with Crippen molar-refractivity contribution in [3.05, 3.63) is 48.7 Å². The van der Waals surface area contributed by atoms with Gasteiger partial charge in [-0.25, -0.2) is 14.4 Å². The largest absolute Gasteiger partial charge is 0.497 e. The van der Waals surface area contributed by atoms with E-state index in [1.54, 1.807) is 24.5 Å². The Labute approximate surface area is 178 Å². The lowest BCUT2D eigenvalue weighted by Crippen LogP contribution is -2.05. The van der Waals surface area contributed by atoms with Gasteiger partial charge in [0.05, 0.1) is 38.0 Å². The van der Waals surface area contributed by atoms with E-state index in [-0.39, 0.29) is 11.4 Å². The fraction of sp³-hybridized carbons (Fsp3) is 0.238. The first-order valence-corrected chi connectivity index (χ1v) is 9.66. The number of ether oxygens (including phenoxy) is 2. The summed E-state index contributed by atoms with van der Waals surface area (Å²) < 4.78 is 26.7. The molecule has 0 spiro atoms. The number of halogens is 1. The number of nitrogens with two attached hydrogens (primary N) is 1. The predicted octanol–water partition coefficient (Wildman–Crippen LogP) is 3.14. The van der Waals surface area contributed by atoms with Crippen LogP contribution >= 0.6 is 0 Å². The molecule has 3 N–H and O–H groups in total. The van der Waals surface area contributed by atoms with Crippen LogP contribution in [-0.2, 0) is 6.54 Å². The normalized spacial score (nSPS) is 11.0. The van der Waals surface area contributed by atoms with Gasteiger partial charge in [-0.15, -0.1) is 0 Å². The van der Waals surface area contributed by atoms with E-state index in [1.165, 1.54) is 26.4 Å². The molecule has 4 rings (SSSR count). The third-order valence-electron chi connectivity index (χ3n) is 4.66. The number of nitrogens with zero attached hydrogens (tertiary/aromatic N) is 5. The summed E-state index contributed by atoms with van der Waals surface area (Å²) in [4.78, 5) is 13.5. The number of aryl methyl sites for hydroxylation is 1. The zero-order valence-corrected chi connectivity index (χ0v) is 17.2. The highest BCUT2D eigenvalue weighted by Crippen LogP contribution is 2.32. The minimum absolute atomic E-state index is 0.0661. The van der Waals surface area contributed by atoms with Crippen molar-refractivity contribution < 1.29 is 13.9 Å². The predicted molar refractivity (Wildman–Crippen MR) is 115 cm³/mol. The van der Waals surface area contributed by atoms with Gasteiger partial charge in [0.15, 0.2) is 17.2 Å². The van der Waals surface area contributed by atoms with Crippen molar-refractivity contribution in [3.63, 3.8) is 0 Å². The third-order valence-corrected chi connectivity index (χ3v) is 4.66. The van der Waals surface area contributed by atoms with Crippen LogP contribution in [0.25, 0.3) is 22.4 Å². The van der Waals surface area contributed by atoms with Gasteiger partial charge in [0.2, 0.25) is 0 Å². The van der Waals surface area contributed by atoms with Crippen LogP contribution in [0.2, 0.25) is 0 Å². The van der Waals surface area contributed by atoms with E-state index in [0.717, 1.165) is 18.5 Å². The minimum Gasteiger partial charge on any atom is -0.497 e. The molecule has 4 aromatic rings. The number of anilines is 2. The summed E-state index contributed by atoms with van der Waals surface area (Å²) >= 11 is 0. The summed E-state index contributed by atoms with van der Waals surface area (Å²) in [6, 6.07) is 6.47. The second-order valence-corrected chi connectivity index (χ2v) is 6.74. The molecule has 0 unspecified atom stereocenters. The van der Waals surface area contributed by atoms with Crippen molar-refractivity contribution in [2.24, 2.45) is 5.73 Å². The fourth-order valence-electron chi connectivity index (χ4n) is 3.05. The van der Waals surface area contributed by atoms with Crippen LogP contribution in [0.5, 0.6) is 11.5 Å². The topological polar surface area (TPSA) is 113 Å². The molecule has 0 aliphatic heterocycles. The van der Waals surface area contributed by atoms with Crippen molar-refractivity contribution in [3.8, 4) is 22.8 Å². The number of methoxy groups -OCH3 is 2. The molecule has 31 heavy (non-hydrogen) atoms. The highest BCUT2D eigenvalue weighted by molar-refractivity contribution is 5.76. The second-order valence-electron chi connectivity index (χ2n) is 6.74. The zero-order chi connectivity index (χ0) is 21.8. The average Bonchev–Trinajstić information content (AvgIpc) is 3.27. The molecule has 0 atom stereocenters. The SMILES string of the molecule is COc1cc(Nc2ccc3ncc(-c4cnn(CCCN)c4)nc3n2)c(F)c(OC)c1. The Bertz CT molecular complexity index is 1210. The van der Waals surface area contributed by atoms with E-state index in [2.05, 4.69) is 25.4 Å². The summed E-state index contributed by atoms with van der Waals surface area (Å²) in [5.74, 6) is 0.383. The van der Waals surface area contributed by atoms with Gasteiger partial charge in [0.25, 0.3) is 0 Å². The van der Waals surface area contributed by atoms with Crippen molar-refractivity contribution in [2.45, 2.75) is 13.0 Å². The first-order valence-electron chi connectivity index (χ1n) is 9.66. The first kappa shape index (κ1) is 20.5. The Morgan fingerprint density at radius 1 is 1.13 bits per heavy atom. The monoisotopic (exact) mass is 423 g/mol. The summed E-state index contributed by atoms with van der Waals surface area (Å²) in [6.45, 7) is 1.34. The lowest BCUT2D eigenvalue weighted by Gasteiger charge is -2.12. The van der Waals surface area contributed by atoms with Crippen LogP contribution in [0.1, 0.15) is 6.42 Å². The number of fused-ring (bicyclic) bond motifs is 1. The molecule has 0 amide bonds. The van der Waals surface area contributed by atoms with Crippen LogP contribution in [0.3, 0.4) is 0 Å². The molecule has 0 aliphatic carbocycles. The van der Waals surface area contributed by atoms with Crippen molar-refractivity contribution in [1.82, 2.24) is 24.7 Å². The Hall–Kier alpha value is -3.79. The number of hydrogen-bond acceptors (Lipinski definition) is 8. The van der Waals surface area contributed by atoms with Gasteiger partial charge >= 0.3 is 0 Å². The lowest BCUT2D eigenvalue weighted by atomic mass is 10.2. The second kappa shape index (κ2) is 8.92. The van der Waals surface area contributed by atoms with Crippen molar-refractivity contribution >= 4 is 22.7 Å². The van der Waals surface area contributed by atoms with Gasteiger partial charge in [-0.3, -0.25) is 9.67 Å². The molecular weight excluding hydrogens is 401 g/mol. The summed E-state index contributed by atoms with van der Waals surface area (Å²) in [5, 5.41) is 7.28. The average molecular weight is 423 g/mol. The van der Waals surface area contributed by atoms with E-state index in [1.807, 2.05) is 10.9 Å². The van der Waals surface area contributed by atoms with Crippen LogP contribution in [0.4, 0.5) is 15.9 Å². The molecular formula is C21H22FN7O2. The Kier molecular flexibility index (Phi) is 5.89. The Morgan fingerprint density at radius 2 is 2.00 bits per heavy atom. The quantitative estimate of drug-likeness (QED) is 0.444. The maximum absolute atomic E-state index is 14.6.